The first-order valence-corrected chi connectivity index (χ1v) is 11.7. The maximum atomic E-state index is 12.8. The van der Waals surface area contributed by atoms with Crippen molar-refractivity contribution in [2.75, 3.05) is 36.0 Å². The number of benzene rings is 2. The van der Waals surface area contributed by atoms with Crippen molar-refractivity contribution in [1.29, 1.82) is 0 Å². The Labute approximate surface area is 188 Å². The average molecular weight is 417 g/mol. The molecule has 0 aromatic heterocycles. The lowest BCUT2D eigenvalue weighted by Crippen LogP contribution is -2.21. The largest absolute Gasteiger partial charge is 0.372 e. The van der Waals surface area contributed by atoms with Crippen LogP contribution in [0.4, 0.5) is 11.4 Å². The lowest BCUT2D eigenvalue weighted by atomic mass is 9.87. The molecule has 3 nitrogen and oxygen atoms in total. The number of rotatable bonds is 8. The van der Waals surface area contributed by atoms with E-state index in [2.05, 4.69) is 98.2 Å². The lowest BCUT2D eigenvalue weighted by molar-refractivity contribution is -0.115. The van der Waals surface area contributed by atoms with Gasteiger partial charge in [0.1, 0.15) is 0 Å². The summed E-state index contributed by atoms with van der Waals surface area (Å²) in [7, 11) is 0. The minimum absolute atomic E-state index is 0.255. The van der Waals surface area contributed by atoms with Crippen molar-refractivity contribution < 1.29 is 4.79 Å². The molecule has 2 aromatic rings. The van der Waals surface area contributed by atoms with Crippen LogP contribution < -0.4 is 9.80 Å². The first-order valence-electron chi connectivity index (χ1n) is 11.7. The molecule has 0 unspecified atom stereocenters. The molecule has 0 radical (unpaired) electrons. The number of ketones is 1. The van der Waals surface area contributed by atoms with Crippen molar-refractivity contribution in [2.45, 2.75) is 47.0 Å². The second-order valence-electron chi connectivity index (χ2n) is 8.10. The van der Waals surface area contributed by atoms with Crippen LogP contribution in [0.2, 0.25) is 0 Å². The molecule has 0 amide bonds. The molecule has 3 heteroatoms. The van der Waals surface area contributed by atoms with Crippen molar-refractivity contribution in [1.82, 2.24) is 0 Å². The standard InChI is InChI=1S/C28H36N2O/c1-5-29(6-2)26-15-10-22(11-16-26)19-24-9-14-25(28(31)21-24)20-23-12-17-27(18-13-23)30(7-3)8-4/h10-13,15-20H,5-9,14,21H2,1-4H3. The summed E-state index contributed by atoms with van der Waals surface area (Å²) >= 11 is 0. The highest BCUT2D eigenvalue weighted by atomic mass is 16.1. The van der Waals surface area contributed by atoms with Gasteiger partial charge in [-0.25, -0.2) is 0 Å². The smallest absolute Gasteiger partial charge is 0.162 e. The van der Waals surface area contributed by atoms with Crippen LogP contribution in [0, 0.1) is 0 Å². The van der Waals surface area contributed by atoms with E-state index in [4.69, 9.17) is 0 Å². The summed E-state index contributed by atoms with van der Waals surface area (Å²) in [6, 6.07) is 17.2. The number of Topliss-reactive ketones (excluding diaryl/α,β-unsaturated/α-hetero) is 1. The fourth-order valence-corrected chi connectivity index (χ4v) is 4.30. The maximum absolute atomic E-state index is 12.8. The number of hydrogen-bond donors (Lipinski definition) is 0. The van der Waals surface area contributed by atoms with E-state index in [0.29, 0.717) is 6.42 Å². The van der Waals surface area contributed by atoms with E-state index < -0.39 is 0 Å². The van der Waals surface area contributed by atoms with Gasteiger partial charge in [0, 0.05) is 44.0 Å². The molecule has 1 saturated carbocycles. The number of allylic oxidation sites excluding steroid dienone is 2. The number of carbonyl (C=O) groups excluding carboxylic acids is 1. The molecule has 164 valence electrons. The molecule has 3 rings (SSSR count). The fourth-order valence-electron chi connectivity index (χ4n) is 4.30. The molecule has 1 aliphatic carbocycles. The Balaban J connectivity index is 1.65. The van der Waals surface area contributed by atoms with Gasteiger partial charge in [-0.15, -0.1) is 0 Å². The summed E-state index contributed by atoms with van der Waals surface area (Å²) in [5.41, 5.74) is 6.96. The van der Waals surface area contributed by atoms with E-state index in [0.717, 1.165) is 50.2 Å². The minimum Gasteiger partial charge on any atom is -0.372 e. The van der Waals surface area contributed by atoms with Crippen molar-refractivity contribution in [2.24, 2.45) is 0 Å². The molecule has 0 atom stereocenters. The van der Waals surface area contributed by atoms with Crippen molar-refractivity contribution in [3.8, 4) is 0 Å². The summed E-state index contributed by atoms with van der Waals surface area (Å²) in [6.07, 6.45) is 6.57. The molecule has 31 heavy (non-hydrogen) atoms. The van der Waals surface area contributed by atoms with Crippen LogP contribution in [-0.4, -0.2) is 32.0 Å². The van der Waals surface area contributed by atoms with Gasteiger partial charge < -0.3 is 9.80 Å². The van der Waals surface area contributed by atoms with Crippen LogP contribution in [0.25, 0.3) is 12.2 Å². The van der Waals surface area contributed by atoms with Crippen molar-refractivity contribution in [3.05, 3.63) is 70.8 Å². The van der Waals surface area contributed by atoms with Gasteiger partial charge in [-0.05, 0) is 87.6 Å². The highest BCUT2D eigenvalue weighted by Gasteiger charge is 2.18. The summed E-state index contributed by atoms with van der Waals surface area (Å²) in [5.74, 6) is 0.255. The van der Waals surface area contributed by atoms with E-state index >= 15 is 0 Å². The lowest BCUT2D eigenvalue weighted by Gasteiger charge is -2.21. The number of carbonyl (C=O) groups is 1. The van der Waals surface area contributed by atoms with Crippen LogP contribution in [0.5, 0.6) is 0 Å². The molecule has 1 aliphatic rings. The van der Waals surface area contributed by atoms with E-state index in [-0.39, 0.29) is 5.78 Å². The third-order valence-corrected chi connectivity index (χ3v) is 6.22. The van der Waals surface area contributed by atoms with Gasteiger partial charge >= 0.3 is 0 Å². The molecule has 0 aliphatic heterocycles. The third-order valence-electron chi connectivity index (χ3n) is 6.22. The van der Waals surface area contributed by atoms with Gasteiger partial charge in [-0.2, -0.15) is 0 Å². The summed E-state index contributed by atoms with van der Waals surface area (Å²) in [5, 5.41) is 0. The Kier molecular flexibility index (Phi) is 8.11. The van der Waals surface area contributed by atoms with Gasteiger partial charge in [0.05, 0.1) is 0 Å². The molecular formula is C28H36N2O. The second kappa shape index (κ2) is 11.0. The van der Waals surface area contributed by atoms with Crippen LogP contribution in [0.3, 0.4) is 0 Å². The Bertz CT molecular complexity index is 914. The van der Waals surface area contributed by atoms with Gasteiger partial charge in [-0.1, -0.05) is 35.9 Å². The van der Waals surface area contributed by atoms with Crippen molar-refractivity contribution in [3.63, 3.8) is 0 Å². The van der Waals surface area contributed by atoms with Crippen molar-refractivity contribution >= 4 is 29.3 Å². The van der Waals surface area contributed by atoms with Gasteiger partial charge in [0.25, 0.3) is 0 Å². The fraction of sp³-hybridized carbons (Fsp3) is 0.393. The summed E-state index contributed by atoms with van der Waals surface area (Å²) < 4.78 is 0. The van der Waals surface area contributed by atoms with Crippen LogP contribution in [0.1, 0.15) is 58.1 Å². The molecule has 2 aromatic carbocycles. The highest BCUT2D eigenvalue weighted by molar-refractivity contribution is 6.02. The Morgan fingerprint density at radius 2 is 1.13 bits per heavy atom. The Morgan fingerprint density at radius 3 is 1.55 bits per heavy atom. The second-order valence-corrected chi connectivity index (χ2v) is 8.10. The van der Waals surface area contributed by atoms with E-state index in [1.54, 1.807) is 0 Å². The molecular weight excluding hydrogens is 380 g/mol. The first kappa shape index (κ1) is 22.9. The summed E-state index contributed by atoms with van der Waals surface area (Å²) in [6.45, 7) is 12.7. The topological polar surface area (TPSA) is 23.6 Å². The quantitative estimate of drug-likeness (QED) is 0.453. The average Bonchev–Trinajstić information content (AvgIpc) is 2.79. The first-order chi connectivity index (χ1) is 15.1. The summed E-state index contributed by atoms with van der Waals surface area (Å²) in [4.78, 5) is 17.4. The third kappa shape index (κ3) is 5.88. The van der Waals surface area contributed by atoms with E-state index in [1.807, 2.05) is 0 Å². The van der Waals surface area contributed by atoms with Gasteiger partial charge in [-0.3, -0.25) is 4.79 Å². The van der Waals surface area contributed by atoms with E-state index in [9.17, 15) is 4.79 Å². The SMILES string of the molecule is CCN(CC)c1ccc(C=C2CCC(=Cc3ccc(N(CC)CC)cc3)C(=O)C2)cc1. The van der Waals surface area contributed by atoms with Crippen LogP contribution >= 0.6 is 0 Å². The Morgan fingerprint density at radius 1 is 0.677 bits per heavy atom. The van der Waals surface area contributed by atoms with E-state index in [1.165, 1.54) is 22.5 Å². The van der Waals surface area contributed by atoms with Crippen LogP contribution in [0.15, 0.2) is 59.7 Å². The normalized spacial score (nSPS) is 16.7. The van der Waals surface area contributed by atoms with Gasteiger partial charge in [0.2, 0.25) is 0 Å². The molecule has 0 spiro atoms. The zero-order chi connectivity index (χ0) is 22.2. The predicted octanol–water partition coefficient (Wildman–Crippen LogP) is 6.60. The predicted molar refractivity (Wildman–Crippen MR) is 135 cm³/mol. The highest BCUT2D eigenvalue weighted by Crippen LogP contribution is 2.29. The minimum atomic E-state index is 0.255. The zero-order valence-electron chi connectivity index (χ0n) is 19.5. The monoisotopic (exact) mass is 416 g/mol. The maximum Gasteiger partial charge on any atom is 0.162 e. The molecule has 0 N–H and O–H groups in total. The molecule has 0 saturated heterocycles. The van der Waals surface area contributed by atoms with Crippen LogP contribution in [-0.2, 0) is 4.79 Å². The Hall–Kier alpha value is -2.81. The number of nitrogens with zero attached hydrogens (tertiary/aromatic N) is 2. The number of anilines is 2. The number of hydrogen-bond acceptors (Lipinski definition) is 3. The van der Waals surface area contributed by atoms with Gasteiger partial charge in [0.15, 0.2) is 5.78 Å². The molecule has 0 heterocycles. The molecule has 1 fully saturated rings. The zero-order valence-corrected chi connectivity index (χ0v) is 19.5. The molecule has 0 bridgehead atoms.